The molecule has 0 aliphatic heterocycles. The minimum Gasteiger partial charge on any atom is -0.496 e. The minimum atomic E-state index is -4.41. The van der Waals surface area contributed by atoms with Crippen LogP contribution in [0.2, 0.25) is 0 Å². The Bertz CT molecular complexity index is 724. The van der Waals surface area contributed by atoms with Crippen LogP contribution in [-0.4, -0.2) is 12.9 Å². The van der Waals surface area contributed by atoms with Crippen LogP contribution >= 0.6 is 0 Å². The van der Waals surface area contributed by atoms with E-state index < -0.39 is 11.7 Å². The summed E-state index contributed by atoms with van der Waals surface area (Å²) in [6.07, 6.45) is -0.118. The van der Waals surface area contributed by atoms with Gasteiger partial charge in [-0.2, -0.15) is 13.2 Å². The van der Waals surface area contributed by atoms with E-state index >= 15 is 0 Å². The molecule has 25 heavy (non-hydrogen) atoms. The van der Waals surface area contributed by atoms with Gasteiger partial charge >= 0.3 is 6.18 Å². The number of fused-ring (bicyclic) bond motifs is 5. The predicted octanol–water partition coefficient (Wildman–Crippen LogP) is 5.14. The summed E-state index contributed by atoms with van der Waals surface area (Å²) in [6, 6.07) is 3.30. The number of rotatable bonds is 1. The van der Waals surface area contributed by atoms with Crippen LogP contribution < -0.4 is 4.74 Å². The van der Waals surface area contributed by atoms with Crippen molar-refractivity contribution in [1.82, 2.24) is 0 Å². The fourth-order valence-corrected chi connectivity index (χ4v) is 5.90. The van der Waals surface area contributed by atoms with Gasteiger partial charge in [0.1, 0.15) is 17.1 Å². The molecular formula is C20H23F3O2. The number of Topliss-reactive ketones (excluding diaryl/α,β-unsaturated/α-hetero) is 1. The van der Waals surface area contributed by atoms with Crippen molar-refractivity contribution in [2.45, 2.75) is 57.5 Å². The molecule has 4 rings (SSSR count). The Labute approximate surface area is 145 Å². The Hall–Kier alpha value is -1.52. The van der Waals surface area contributed by atoms with Crippen LogP contribution in [0, 0.1) is 17.3 Å². The first-order valence-electron chi connectivity index (χ1n) is 9.07. The quantitative estimate of drug-likeness (QED) is 0.700. The van der Waals surface area contributed by atoms with Gasteiger partial charge in [-0.05, 0) is 67.1 Å². The lowest BCUT2D eigenvalue weighted by molar-refractivity contribution is -0.139. The Balaban J connectivity index is 1.78. The lowest BCUT2D eigenvalue weighted by atomic mass is 9.55. The van der Waals surface area contributed by atoms with Crippen molar-refractivity contribution in [3.05, 3.63) is 28.8 Å². The highest BCUT2D eigenvalue weighted by Gasteiger charge is 2.55. The number of carbonyl (C=O) groups excluding carboxylic acids is 1. The van der Waals surface area contributed by atoms with E-state index in [0.29, 0.717) is 36.0 Å². The number of halogens is 3. The average molecular weight is 352 g/mol. The first kappa shape index (κ1) is 16.9. The van der Waals surface area contributed by atoms with Crippen LogP contribution in [0.5, 0.6) is 5.75 Å². The highest BCUT2D eigenvalue weighted by Crippen LogP contribution is 2.60. The highest BCUT2D eigenvalue weighted by atomic mass is 19.4. The Morgan fingerprint density at radius 2 is 1.92 bits per heavy atom. The minimum absolute atomic E-state index is 0.0820. The molecule has 5 heteroatoms. The molecule has 1 aromatic carbocycles. The summed E-state index contributed by atoms with van der Waals surface area (Å²) in [4.78, 5) is 12.4. The molecule has 0 amide bonds. The topological polar surface area (TPSA) is 26.3 Å². The van der Waals surface area contributed by atoms with Crippen LogP contribution in [0.25, 0.3) is 0 Å². The monoisotopic (exact) mass is 352 g/mol. The third kappa shape index (κ3) is 2.34. The van der Waals surface area contributed by atoms with Gasteiger partial charge in [-0.25, -0.2) is 0 Å². The van der Waals surface area contributed by atoms with Gasteiger partial charge in [0.2, 0.25) is 0 Å². The highest BCUT2D eigenvalue weighted by molar-refractivity contribution is 5.87. The third-order valence-electron chi connectivity index (χ3n) is 7.09. The Morgan fingerprint density at radius 1 is 1.16 bits per heavy atom. The second-order valence-electron chi connectivity index (χ2n) is 8.04. The van der Waals surface area contributed by atoms with E-state index in [9.17, 15) is 18.0 Å². The molecule has 0 radical (unpaired) electrons. The summed E-state index contributed by atoms with van der Waals surface area (Å²) in [7, 11) is 1.29. The largest absolute Gasteiger partial charge is 0.496 e. The van der Waals surface area contributed by atoms with Crippen molar-refractivity contribution >= 4 is 5.78 Å². The number of carbonyl (C=O) groups is 1. The SMILES string of the molecule is COc1ccc2c(c1C(F)(F)F)CC[C@@H]1[C@@H]2CC[C@]2(C)C(=O)CC[C@@H]12. The van der Waals surface area contributed by atoms with E-state index in [4.69, 9.17) is 4.74 Å². The van der Waals surface area contributed by atoms with Gasteiger partial charge in [0.25, 0.3) is 0 Å². The van der Waals surface area contributed by atoms with Gasteiger partial charge in [0, 0.05) is 11.8 Å². The molecule has 0 aromatic heterocycles. The summed E-state index contributed by atoms with van der Waals surface area (Å²) in [5.41, 5.74) is 0.409. The summed E-state index contributed by atoms with van der Waals surface area (Å²) in [6.45, 7) is 2.08. The zero-order valence-corrected chi connectivity index (χ0v) is 14.6. The molecule has 2 fully saturated rings. The first-order chi connectivity index (χ1) is 11.8. The second kappa shape index (κ2) is 5.49. The molecule has 4 atom stereocenters. The van der Waals surface area contributed by atoms with Gasteiger partial charge < -0.3 is 4.74 Å². The van der Waals surface area contributed by atoms with Crippen LogP contribution in [0.15, 0.2) is 12.1 Å². The van der Waals surface area contributed by atoms with Crippen molar-refractivity contribution in [3.63, 3.8) is 0 Å². The average Bonchev–Trinajstić information content (AvgIpc) is 2.87. The van der Waals surface area contributed by atoms with Gasteiger partial charge in [-0.1, -0.05) is 13.0 Å². The summed E-state index contributed by atoms with van der Waals surface area (Å²) >= 11 is 0. The molecule has 3 aliphatic carbocycles. The fourth-order valence-electron chi connectivity index (χ4n) is 5.90. The maximum absolute atomic E-state index is 13.6. The van der Waals surface area contributed by atoms with Crippen molar-refractivity contribution < 1.29 is 22.7 Å². The molecule has 0 bridgehead atoms. The molecule has 0 saturated heterocycles. The molecule has 0 heterocycles. The molecule has 2 nitrogen and oxygen atoms in total. The van der Waals surface area contributed by atoms with Gasteiger partial charge in [-0.3, -0.25) is 4.79 Å². The summed E-state index contributed by atoms with van der Waals surface area (Å²) < 4.78 is 46.0. The van der Waals surface area contributed by atoms with Crippen molar-refractivity contribution in [1.29, 1.82) is 0 Å². The summed E-state index contributed by atoms with van der Waals surface area (Å²) in [5, 5.41) is 0. The Morgan fingerprint density at radius 3 is 2.60 bits per heavy atom. The van der Waals surface area contributed by atoms with E-state index in [0.717, 1.165) is 31.2 Å². The lowest BCUT2D eigenvalue weighted by Gasteiger charge is -2.48. The molecule has 3 aliphatic rings. The van der Waals surface area contributed by atoms with Crippen LogP contribution in [0.1, 0.15) is 61.6 Å². The van der Waals surface area contributed by atoms with Gasteiger partial charge in [0.15, 0.2) is 0 Å². The van der Waals surface area contributed by atoms with Crippen LogP contribution in [-0.2, 0) is 17.4 Å². The molecule has 0 unspecified atom stereocenters. The Kier molecular flexibility index (Phi) is 3.71. The van der Waals surface area contributed by atoms with Gasteiger partial charge in [-0.15, -0.1) is 0 Å². The van der Waals surface area contributed by atoms with Crippen LogP contribution in [0.4, 0.5) is 13.2 Å². The standard InChI is InChI=1S/C20H23F3O2/c1-19-10-9-12-11-5-7-16(25-2)18(20(21,22)23)14(11)4-3-13(12)15(19)6-8-17(19)24/h5,7,12-13,15H,3-4,6,8-10H2,1-2H3/t12-,13-,15+,19+/m1/s1. The molecule has 0 spiro atoms. The van der Waals surface area contributed by atoms with E-state index in [2.05, 4.69) is 6.92 Å². The number of hydrogen-bond acceptors (Lipinski definition) is 2. The second-order valence-corrected chi connectivity index (χ2v) is 8.04. The summed E-state index contributed by atoms with van der Waals surface area (Å²) in [5.74, 6) is 1.06. The molecule has 136 valence electrons. The normalized spacial score (nSPS) is 34.3. The number of methoxy groups -OCH3 is 1. The van der Waals surface area contributed by atoms with Crippen molar-refractivity contribution in [2.75, 3.05) is 7.11 Å². The molecule has 1 aromatic rings. The number of benzene rings is 1. The van der Waals surface area contributed by atoms with Crippen LogP contribution in [0.3, 0.4) is 0 Å². The van der Waals surface area contributed by atoms with Crippen molar-refractivity contribution in [3.8, 4) is 5.75 Å². The smallest absolute Gasteiger partial charge is 0.420 e. The van der Waals surface area contributed by atoms with E-state index in [1.54, 1.807) is 0 Å². The van der Waals surface area contributed by atoms with E-state index in [-0.39, 0.29) is 17.1 Å². The predicted molar refractivity (Wildman–Crippen MR) is 87.6 cm³/mol. The number of hydrogen-bond donors (Lipinski definition) is 0. The number of ketones is 1. The van der Waals surface area contributed by atoms with E-state index in [1.807, 2.05) is 6.07 Å². The third-order valence-corrected chi connectivity index (χ3v) is 7.09. The van der Waals surface area contributed by atoms with E-state index in [1.165, 1.54) is 13.2 Å². The number of ether oxygens (including phenoxy) is 1. The molecule has 2 saturated carbocycles. The molecule has 0 N–H and O–H groups in total. The lowest BCUT2D eigenvalue weighted by Crippen LogP contribution is -2.42. The maximum atomic E-state index is 13.6. The first-order valence-corrected chi connectivity index (χ1v) is 9.07. The van der Waals surface area contributed by atoms with Gasteiger partial charge in [0.05, 0.1) is 7.11 Å². The maximum Gasteiger partial charge on any atom is 0.420 e. The number of alkyl halides is 3. The zero-order chi connectivity index (χ0) is 18.0. The zero-order valence-electron chi connectivity index (χ0n) is 14.6. The van der Waals surface area contributed by atoms with Crippen molar-refractivity contribution in [2.24, 2.45) is 17.3 Å². The fraction of sp³-hybridized carbons (Fsp3) is 0.650. The molecular weight excluding hydrogens is 329 g/mol.